The van der Waals surface area contributed by atoms with Gasteiger partial charge in [-0.05, 0) is 56.2 Å². The van der Waals surface area contributed by atoms with Crippen LogP contribution in [0.2, 0.25) is 0 Å². The van der Waals surface area contributed by atoms with Crippen molar-refractivity contribution in [3.63, 3.8) is 0 Å². The van der Waals surface area contributed by atoms with E-state index in [0.717, 1.165) is 5.92 Å². The lowest BCUT2D eigenvalue weighted by molar-refractivity contribution is -0.0985. The van der Waals surface area contributed by atoms with Crippen molar-refractivity contribution < 1.29 is 4.74 Å². The molecule has 1 unspecified atom stereocenters. The molecule has 1 atom stereocenters. The summed E-state index contributed by atoms with van der Waals surface area (Å²) in [6.45, 7) is 0. The Hall–Kier alpha value is -0.860. The predicted octanol–water partition coefficient (Wildman–Crippen LogP) is 3.78. The summed E-state index contributed by atoms with van der Waals surface area (Å²) in [6, 6.07) is 9.32. The average Bonchev–Trinajstić information content (AvgIpc) is 2.33. The minimum Gasteiger partial charge on any atom is -0.376 e. The molecule has 2 aliphatic carbocycles. The van der Waals surface area contributed by atoms with E-state index in [-0.39, 0.29) is 5.60 Å². The normalized spacial score (nSPS) is 23.5. The number of benzene rings is 1. The van der Waals surface area contributed by atoms with Gasteiger partial charge in [0.05, 0.1) is 11.6 Å². The lowest BCUT2D eigenvalue weighted by Gasteiger charge is -2.47. The number of hydrogen-bond acceptors (Lipinski definition) is 2. The molecule has 1 aromatic rings. The highest BCUT2D eigenvalue weighted by atomic mass is 16.5. The van der Waals surface area contributed by atoms with E-state index in [0.29, 0.717) is 6.04 Å². The Morgan fingerprint density at radius 1 is 1.21 bits per heavy atom. The van der Waals surface area contributed by atoms with Gasteiger partial charge in [0.1, 0.15) is 0 Å². The number of methoxy groups -OCH3 is 1. The van der Waals surface area contributed by atoms with Crippen molar-refractivity contribution in [3.05, 3.63) is 35.4 Å². The van der Waals surface area contributed by atoms with Crippen LogP contribution in [0.5, 0.6) is 0 Å². The minimum atomic E-state index is 0.0224. The fourth-order valence-electron chi connectivity index (χ4n) is 3.70. The zero-order valence-electron chi connectivity index (χ0n) is 12.1. The lowest BCUT2D eigenvalue weighted by atomic mass is 9.69. The standard InChI is InChI=1S/C17H25NO/c1-18-16(17(19-2)11-6-12-17)15-10-4-3-9-14(15)13-7-5-8-13/h3-4,9-10,13,16,18H,5-8,11-12H2,1-2H3. The molecule has 104 valence electrons. The Morgan fingerprint density at radius 3 is 2.42 bits per heavy atom. The van der Waals surface area contributed by atoms with Crippen LogP contribution in [-0.4, -0.2) is 19.8 Å². The molecular weight excluding hydrogens is 234 g/mol. The SMILES string of the molecule is CNC(c1ccccc1C1CCC1)C1(OC)CCC1. The Morgan fingerprint density at radius 2 is 1.95 bits per heavy atom. The number of hydrogen-bond donors (Lipinski definition) is 1. The van der Waals surface area contributed by atoms with Crippen molar-refractivity contribution in [1.82, 2.24) is 5.32 Å². The van der Waals surface area contributed by atoms with Crippen LogP contribution in [0.1, 0.15) is 61.6 Å². The molecule has 0 saturated heterocycles. The first-order valence-electron chi connectivity index (χ1n) is 7.62. The average molecular weight is 259 g/mol. The Labute approximate surface area is 116 Å². The molecule has 0 heterocycles. The molecule has 0 bridgehead atoms. The molecule has 0 aliphatic heterocycles. The van der Waals surface area contributed by atoms with Gasteiger partial charge in [0.2, 0.25) is 0 Å². The van der Waals surface area contributed by atoms with E-state index in [1.165, 1.54) is 44.1 Å². The van der Waals surface area contributed by atoms with E-state index < -0.39 is 0 Å². The van der Waals surface area contributed by atoms with Gasteiger partial charge < -0.3 is 10.1 Å². The predicted molar refractivity (Wildman–Crippen MR) is 78.4 cm³/mol. The Balaban J connectivity index is 1.94. The van der Waals surface area contributed by atoms with Gasteiger partial charge in [-0.2, -0.15) is 0 Å². The molecule has 2 nitrogen and oxygen atoms in total. The molecule has 19 heavy (non-hydrogen) atoms. The van der Waals surface area contributed by atoms with Crippen LogP contribution in [-0.2, 0) is 4.74 Å². The summed E-state index contributed by atoms with van der Waals surface area (Å²) in [5, 5.41) is 3.53. The highest BCUT2D eigenvalue weighted by Gasteiger charge is 2.45. The van der Waals surface area contributed by atoms with Crippen LogP contribution < -0.4 is 5.32 Å². The fraction of sp³-hybridized carbons (Fsp3) is 0.647. The summed E-state index contributed by atoms with van der Waals surface area (Å²) in [7, 11) is 3.94. The quantitative estimate of drug-likeness (QED) is 0.869. The minimum absolute atomic E-state index is 0.0224. The van der Waals surface area contributed by atoms with Gasteiger partial charge in [-0.1, -0.05) is 30.7 Å². The number of likely N-dealkylation sites (N-methyl/N-ethyl adjacent to an activating group) is 1. The van der Waals surface area contributed by atoms with Gasteiger partial charge in [-0.15, -0.1) is 0 Å². The summed E-state index contributed by atoms with van der Waals surface area (Å²) < 4.78 is 5.91. The first kappa shape index (κ1) is 13.1. The summed E-state index contributed by atoms with van der Waals surface area (Å²) in [5.41, 5.74) is 3.04. The second kappa shape index (κ2) is 5.26. The zero-order valence-corrected chi connectivity index (χ0v) is 12.1. The monoisotopic (exact) mass is 259 g/mol. The molecular formula is C17H25NO. The fourth-order valence-corrected chi connectivity index (χ4v) is 3.70. The van der Waals surface area contributed by atoms with E-state index in [2.05, 4.69) is 36.6 Å². The molecule has 3 rings (SSSR count). The summed E-state index contributed by atoms with van der Waals surface area (Å²) in [6.07, 6.45) is 7.74. The van der Waals surface area contributed by atoms with Crippen molar-refractivity contribution in [1.29, 1.82) is 0 Å². The first-order valence-corrected chi connectivity index (χ1v) is 7.62. The van der Waals surface area contributed by atoms with Crippen molar-refractivity contribution in [2.75, 3.05) is 14.2 Å². The van der Waals surface area contributed by atoms with Gasteiger partial charge in [0.25, 0.3) is 0 Å². The molecule has 1 aromatic carbocycles. The van der Waals surface area contributed by atoms with Crippen LogP contribution in [0.3, 0.4) is 0 Å². The van der Waals surface area contributed by atoms with Crippen molar-refractivity contribution in [2.45, 2.75) is 56.1 Å². The van der Waals surface area contributed by atoms with Crippen molar-refractivity contribution >= 4 is 0 Å². The largest absolute Gasteiger partial charge is 0.376 e. The zero-order chi connectivity index (χ0) is 13.3. The molecule has 0 amide bonds. The molecule has 0 aromatic heterocycles. The maximum Gasteiger partial charge on any atom is 0.0872 e. The van der Waals surface area contributed by atoms with Crippen LogP contribution >= 0.6 is 0 Å². The van der Waals surface area contributed by atoms with E-state index >= 15 is 0 Å². The van der Waals surface area contributed by atoms with Gasteiger partial charge in [0.15, 0.2) is 0 Å². The van der Waals surface area contributed by atoms with E-state index in [1.807, 2.05) is 7.11 Å². The highest BCUT2D eigenvalue weighted by Crippen LogP contribution is 2.48. The summed E-state index contributed by atoms with van der Waals surface area (Å²) >= 11 is 0. The smallest absolute Gasteiger partial charge is 0.0872 e. The third-order valence-corrected chi connectivity index (χ3v) is 5.27. The molecule has 1 N–H and O–H groups in total. The van der Waals surface area contributed by atoms with Crippen molar-refractivity contribution in [3.8, 4) is 0 Å². The number of ether oxygens (including phenoxy) is 1. The number of rotatable bonds is 5. The molecule has 2 aliphatic rings. The second-order valence-electron chi connectivity index (χ2n) is 6.10. The van der Waals surface area contributed by atoms with Gasteiger partial charge >= 0.3 is 0 Å². The topological polar surface area (TPSA) is 21.3 Å². The maximum atomic E-state index is 5.91. The van der Waals surface area contributed by atoms with Gasteiger partial charge in [-0.3, -0.25) is 0 Å². The molecule has 0 spiro atoms. The highest BCUT2D eigenvalue weighted by molar-refractivity contribution is 5.36. The van der Waals surface area contributed by atoms with E-state index in [1.54, 1.807) is 5.56 Å². The van der Waals surface area contributed by atoms with E-state index in [9.17, 15) is 0 Å². The van der Waals surface area contributed by atoms with Gasteiger partial charge in [0, 0.05) is 7.11 Å². The Kier molecular flexibility index (Phi) is 3.64. The maximum absolute atomic E-state index is 5.91. The van der Waals surface area contributed by atoms with E-state index in [4.69, 9.17) is 4.74 Å². The Bertz CT molecular complexity index is 429. The second-order valence-corrected chi connectivity index (χ2v) is 6.10. The van der Waals surface area contributed by atoms with Crippen LogP contribution in [0.15, 0.2) is 24.3 Å². The molecule has 2 saturated carbocycles. The van der Waals surface area contributed by atoms with Crippen LogP contribution in [0, 0.1) is 0 Å². The van der Waals surface area contributed by atoms with Crippen LogP contribution in [0.4, 0.5) is 0 Å². The number of nitrogens with one attached hydrogen (secondary N) is 1. The summed E-state index contributed by atoms with van der Waals surface area (Å²) in [4.78, 5) is 0. The first-order chi connectivity index (χ1) is 9.30. The molecule has 0 radical (unpaired) electrons. The van der Waals surface area contributed by atoms with Gasteiger partial charge in [-0.25, -0.2) is 0 Å². The van der Waals surface area contributed by atoms with Crippen LogP contribution in [0.25, 0.3) is 0 Å². The summed E-state index contributed by atoms with van der Waals surface area (Å²) in [5.74, 6) is 0.779. The molecule has 2 fully saturated rings. The molecule has 2 heteroatoms. The lowest BCUT2D eigenvalue weighted by Crippen LogP contribution is -2.50. The third-order valence-electron chi connectivity index (χ3n) is 5.27. The third kappa shape index (κ3) is 2.11. The van der Waals surface area contributed by atoms with Crippen molar-refractivity contribution in [2.24, 2.45) is 0 Å².